The zero-order chi connectivity index (χ0) is 25.1. The molecule has 0 heterocycles. The first kappa shape index (κ1) is 27.9. The number of benzene rings is 1. The van der Waals surface area contributed by atoms with Crippen molar-refractivity contribution in [1.82, 2.24) is 16.0 Å². The Kier molecular flexibility index (Phi) is 13.7. The van der Waals surface area contributed by atoms with Crippen LogP contribution in [0.5, 0.6) is 0 Å². The number of hydrogen-bond donors (Lipinski definition) is 3. The van der Waals surface area contributed by atoms with Crippen molar-refractivity contribution in [3.8, 4) is 11.8 Å². The molecule has 0 radical (unpaired) electrons. The summed E-state index contributed by atoms with van der Waals surface area (Å²) in [6.07, 6.45) is 9.51. The van der Waals surface area contributed by atoms with Crippen LogP contribution in [0.1, 0.15) is 67.8 Å². The fourth-order valence-corrected chi connectivity index (χ4v) is 3.49. The maximum absolute atomic E-state index is 12.1. The van der Waals surface area contributed by atoms with E-state index in [0.29, 0.717) is 38.2 Å². The molecule has 190 valence electrons. The number of ether oxygens (including phenoxy) is 2. The van der Waals surface area contributed by atoms with Gasteiger partial charge < -0.3 is 25.4 Å². The molecule has 1 aromatic rings. The molecule has 0 saturated carbocycles. The van der Waals surface area contributed by atoms with E-state index in [-0.39, 0.29) is 30.9 Å². The third kappa shape index (κ3) is 12.6. The predicted molar refractivity (Wildman–Crippen MR) is 135 cm³/mol. The third-order valence-electron chi connectivity index (χ3n) is 5.36. The Morgan fingerprint density at radius 1 is 0.943 bits per heavy atom. The molecule has 0 saturated heterocycles. The molecule has 1 aliphatic rings. The van der Waals surface area contributed by atoms with Crippen LogP contribution in [0.15, 0.2) is 36.4 Å². The van der Waals surface area contributed by atoms with Gasteiger partial charge >= 0.3 is 6.09 Å². The Balaban J connectivity index is 1.43. The average Bonchev–Trinajstić information content (AvgIpc) is 2.83. The van der Waals surface area contributed by atoms with Crippen molar-refractivity contribution in [2.45, 2.75) is 58.0 Å². The zero-order valence-corrected chi connectivity index (χ0v) is 20.6. The van der Waals surface area contributed by atoms with Gasteiger partial charge in [0.05, 0.1) is 13.2 Å². The summed E-state index contributed by atoms with van der Waals surface area (Å²) in [5, 5.41) is 8.32. The number of hydrogen-bond acceptors (Lipinski definition) is 5. The summed E-state index contributed by atoms with van der Waals surface area (Å²) in [5.41, 5.74) is 1.42. The van der Waals surface area contributed by atoms with E-state index in [2.05, 4.69) is 39.9 Å². The molecular formula is C27H37N3O5. The molecule has 35 heavy (non-hydrogen) atoms. The van der Waals surface area contributed by atoms with E-state index in [1.54, 1.807) is 31.2 Å². The molecule has 1 atom stereocenters. The van der Waals surface area contributed by atoms with Crippen molar-refractivity contribution in [3.05, 3.63) is 47.5 Å². The molecule has 1 unspecified atom stereocenters. The molecule has 8 heteroatoms. The zero-order valence-electron chi connectivity index (χ0n) is 20.6. The monoisotopic (exact) mass is 483 g/mol. The van der Waals surface area contributed by atoms with E-state index in [0.717, 1.165) is 37.7 Å². The van der Waals surface area contributed by atoms with Gasteiger partial charge in [-0.25, -0.2) is 4.79 Å². The lowest BCUT2D eigenvalue weighted by Gasteiger charge is -2.18. The van der Waals surface area contributed by atoms with Gasteiger partial charge in [-0.05, 0) is 69.7 Å². The standard InChI is InChI=1S/C27H37N3O5/c1-2-9-22-12-14-23(15-13-22)26(32)29-19-21-34-20-16-25(31)28-17-8-18-30-27(33)35-24-10-6-4-3-5-7-11-24/h3-4,12-15,24H,5-8,10-11,16-21H2,1H3,(H,28,31)(H,29,32)(H,30,33)/b4-3+. The van der Waals surface area contributed by atoms with E-state index < -0.39 is 6.09 Å². The van der Waals surface area contributed by atoms with E-state index >= 15 is 0 Å². The second-order valence-electron chi connectivity index (χ2n) is 8.21. The smallest absolute Gasteiger partial charge is 0.407 e. The van der Waals surface area contributed by atoms with Gasteiger partial charge in [0.25, 0.3) is 5.91 Å². The van der Waals surface area contributed by atoms with Gasteiger partial charge in [-0.1, -0.05) is 18.1 Å². The maximum Gasteiger partial charge on any atom is 0.407 e. The van der Waals surface area contributed by atoms with Crippen LogP contribution in [0.3, 0.4) is 0 Å². The lowest BCUT2D eigenvalue weighted by molar-refractivity contribution is -0.122. The average molecular weight is 484 g/mol. The summed E-state index contributed by atoms with van der Waals surface area (Å²) in [4.78, 5) is 35.9. The lowest BCUT2D eigenvalue weighted by atomic mass is 10.0. The van der Waals surface area contributed by atoms with Crippen molar-refractivity contribution in [2.24, 2.45) is 0 Å². The van der Waals surface area contributed by atoms with E-state index in [1.807, 2.05) is 0 Å². The van der Waals surface area contributed by atoms with E-state index in [4.69, 9.17) is 9.47 Å². The summed E-state index contributed by atoms with van der Waals surface area (Å²) in [6.45, 7) is 3.62. The number of amides is 3. The SMILES string of the molecule is CC#Cc1ccc(C(=O)NCCOCCC(=O)NCCCNC(=O)OC2CC/C=C/CCC2)cc1. The third-order valence-corrected chi connectivity index (χ3v) is 5.36. The highest BCUT2D eigenvalue weighted by molar-refractivity contribution is 5.94. The Hall–Kier alpha value is -3.31. The van der Waals surface area contributed by atoms with Gasteiger partial charge in [0.1, 0.15) is 6.10 Å². The predicted octanol–water partition coefficient (Wildman–Crippen LogP) is 3.32. The van der Waals surface area contributed by atoms with E-state index in [9.17, 15) is 14.4 Å². The molecule has 0 bridgehead atoms. The second kappa shape index (κ2) is 17.2. The molecule has 2 rings (SSSR count). The van der Waals surface area contributed by atoms with Crippen molar-refractivity contribution < 1.29 is 23.9 Å². The molecule has 1 aliphatic carbocycles. The maximum atomic E-state index is 12.1. The van der Waals surface area contributed by atoms with Gasteiger partial charge in [0, 0.05) is 37.2 Å². The van der Waals surface area contributed by atoms with Crippen molar-refractivity contribution >= 4 is 17.9 Å². The number of nitrogens with one attached hydrogen (secondary N) is 3. The molecule has 1 aromatic carbocycles. The molecule has 0 aromatic heterocycles. The number of allylic oxidation sites excluding steroid dienone is 2. The molecule has 3 amide bonds. The first-order chi connectivity index (χ1) is 17.1. The van der Waals surface area contributed by atoms with Gasteiger partial charge in [0.2, 0.25) is 5.91 Å². The summed E-state index contributed by atoms with van der Waals surface area (Å²) in [6, 6.07) is 7.07. The molecule has 3 N–H and O–H groups in total. The quantitative estimate of drug-likeness (QED) is 0.240. The molecule has 8 nitrogen and oxygen atoms in total. The second-order valence-corrected chi connectivity index (χ2v) is 8.21. The van der Waals surface area contributed by atoms with Crippen LogP contribution in [0.2, 0.25) is 0 Å². The Morgan fingerprint density at radius 2 is 1.71 bits per heavy atom. The first-order valence-corrected chi connectivity index (χ1v) is 12.3. The van der Waals surface area contributed by atoms with Crippen LogP contribution < -0.4 is 16.0 Å². The van der Waals surface area contributed by atoms with E-state index in [1.165, 1.54) is 0 Å². The van der Waals surface area contributed by atoms with Crippen LogP contribution in [0.25, 0.3) is 0 Å². The Morgan fingerprint density at radius 3 is 2.51 bits per heavy atom. The number of carbonyl (C=O) groups excluding carboxylic acids is 3. The van der Waals surface area contributed by atoms with Crippen LogP contribution >= 0.6 is 0 Å². The largest absolute Gasteiger partial charge is 0.446 e. The minimum Gasteiger partial charge on any atom is -0.446 e. The van der Waals surface area contributed by atoms with Crippen LogP contribution in [0, 0.1) is 11.8 Å². The van der Waals surface area contributed by atoms with Crippen LogP contribution in [-0.4, -0.2) is 56.9 Å². The summed E-state index contributed by atoms with van der Waals surface area (Å²) in [7, 11) is 0. The normalized spacial score (nSPS) is 16.0. The minimum atomic E-state index is -0.394. The minimum absolute atomic E-state index is 0.0274. The van der Waals surface area contributed by atoms with Crippen molar-refractivity contribution in [3.63, 3.8) is 0 Å². The summed E-state index contributed by atoms with van der Waals surface area (Å²) >= 11 is 0. The molecular weight excluding hydrogens is 446 g/mol. The highest BCUT2D eigenvalue weighted by Crippen LogP contribution is 2.15. The van der Waals surface area contributed by atoms with Crippen LogP contribution in [-0.2, 0) is 14.3 Å². The molecule has 0 fully saturated rings. The van der Waals surface area contributed by atoms with Crippen molar-refractivity contribution in [1.29, 1.82) is 0 Å². The molecule has 0 spiro atoms. The van der Waals surface area contributed by atoms with Gasteiger partial charge in [-0.2, -0.15) is 0 Å². The highest BCUT2D eigenvalue weighted by atomic mass is 16.6. The van der Waals surface area contributed by atoms with Gasteiger partial charge in [-0.3, -0.25) is 9.59 Å². The van der Waals surface area contributed by atoms with Crippen LogP contribution in [0.4, 0.5) is 4.79 Å². The highest BCUT2D eigenvalue weighted by Gasteiger charge is 2.14. The first-order valence-electron chi connectivity index (χ1n) is 12.3. The summed E-state index contributed by atoms with van der Waals surface area (Å²) in [5.74, 6) is 5.45. The number of rotatable bonds is 12. The Labute approximate surface area is 208 Å². The lowest BCUT2D eigenvalue weighted by Crippen LogP contribution is -2.32. The fraction of sp³-hybridized carbons (Fsp3) is 0.519. The van der Waals surface area contributed by atoms with Gasteiger partial charge in [-0.15, -0.1) is 5.92 Å². The van der Waals surface area contributed by atoms with Gasteiger partial charge in [0.15, 0.2) is 0 Å². The fourth-order valence-electron chi connectivity index (χ4n) is 3.49. The van der Waals surface area contributed by atoms with Crippen molar-refractivity contribution in [2.75, 3.05) is 32.8 Å². The molecule has 0 aliphatic heterocycles. The number of carbonyl (C=O) groups is 3. The number of alkyl carbamates (subject to hydrolysis) is 1. The topological polar surface area (TPSA) is 106 Å². The Bertz CT molecular complexity index is 886. The summed E-state index contributed by atoms with van der Waals surface area (Å²) < 4.78 is 10.9.